The lowest BCUT2D eigenvalue weighted by atomic mass is 10.0. The number of rotatable bonds is 34. The molecule has 1 heterocycles. The molecule has 0 radical (unpaired) electrons. The number of carboxylic acids is 2. The normalized spacial score (nSPS) is 18.0. The summed E-state index contributed by atoms with van der Waals surface area (Å²) in [5, 5.41) is 68.8. The van der Waals surface area contributed by atoms with E-state index < -0.39 is 157 Å². The molecule has 0 unspecified atom stereocenters. The van der Waals surface area contributed by atoms with Crippen LogP contribution < -0.4 is 65.5 Å². The first-order valence-corrected chi connectivity index (χ1v) is 25.2. The summed E-state index contributed by atoms with van der Waals surface area (Å²) in [6.07, 6.45) is -4.34. The van der Waals surface area contributed by atoms with Gasteiger partial charge < -0.3 is 95.9 Å². The van der Waals surface area contributed by atoms with E-state index >= 15 is 0 Å². The van der Waals surface area contributed by atoms with Gasteiger partial charge in [-0.15, -0.1) is 0 Å². The fourth-order valence-corrected chi connectivity index (χ4v) is 7.76. The zero-order chi connectivity index (χ0) is 58.1. The molecule has 1 aliphatic rings. The Hall–Kier alpha value is -6.76. The first-order chi connectivity index (χ1) is 35.4. The van der Waals surface area contributed by atoms with Gasteiger partial charge in [0.15, 0.2) is 5.96 Å². The average Bonchev–Trinajstić information content (AvgIpc) is 3.82. The number of likely N-dealkylation sites (tertiary alicyclic amines) is 1. The molecule has 1 fully saturated rings. The molecule has 1 saturated heterocycles. The molecule has 21 N–H and O–H groups in total. The van der Waals surface area contributed by atoms with E-state index in [0.717, 1.165) is 27.7 Å². The lowest BCUT2D eigenvalue weighted by Gasteiger charge is -2.29. The Labute approximate surface area is 440 Å². The Morgan fingerprint density at radius 1 is 0.579 bits per heavy atom. The van der Waals surface area contributed by atoms with Crippen molar-refractivity contribution in [1.29, 1.82) is 0 Å². The Morgan fingerprint density at radius 3 is 1.53 bits per heavy atom. The maximum Gasteiger partial charge on any atom is 0.326 e. The van der Waals surface area contributed by atoms with Crippen molar-refractivity contribution in [2.75, 3.05) is 19.6 Å². The molecule has 1 aliphatic heterocycles. The van der Waals surface area contributed by atoms with Gasteiger partial charge in [-0.1, -0.05) is 13.8 Å². The Balaban J connectivity index is 3.33. The van der Waals surface area contributed by atoms with Gasteiger partial charge in [-0.2, -0.15) is 0 Å². The van der Waals surface area contributed by atoms with Crippen LogP contribution in [0.3, 0.4) is 0 Å². The molecule has 9 amide bonds. The van der Waals surface area contributed by atoms with Gasteiger partial charge in [0, 0.05) is 19.5 Å². The van der Waals surface area contributed by atoms with Crippen molar-refractivity contribution in [2.24, 2.45) is 33.8 Å². The molecule has 0 spiro atoms. The zero-order valence-electron chi connectivity index (χ0n) is 44.2. The fourth-order valence-electron chi connectivity index (χ4n) is 7.76. The average molecular weight is 1090 g/mol. The van der Waals surface area contributed by atoms with E-state index in [1.807, 2.05) is 5.32 Å². The molecule has 0 bridgehead atoms. The number of hydrogen-bond donors (Lipinski definition) is 17. The van der Waals surface area contributed by atoms with Crippen molar-refractivity contribution >= 4 is 71.1 Å². The second kappa shape index (κ2) is 33.3. The zero-order valence-corrected chi connectivity index (χ0v) is 44.2. The van der Waals surface area contributed by atoms with Crippen LogP contribution in [-0.4, -0.2) is 200 Å². The van der Waals surface area contributed by atoms with Crippen molar-refractivity contribution in [1.82, 2.24) is 47.4 Å². The number of hydrogen-bond acceptors (Lipinski definition) is 17. The Morgan fingerprint density at radius 2 is 1.04 bits per heavy atom. The van der Waals surface area contributed by atoms with Gasteiger partial charge in [-0.3, -0.25) is 52.9 Å². The molecule has 0 aromatic heterocycles. The summed E-state index contributed by atoms with van der Waals surface area (Å²) >= 11 is 0. The van der Waals surface area contributed by atoms with Gasteiger partial charge in [-0.05, 0) is 105 Å². The van der Waals surface area contributed by atoms with Gasteiger partial charge in [0.2, 0.25) is 53.2 Å². The second-order valence-corrected chi connectivity index (χ2v) is 19.3. The third kappa shape index (κ3) is 23.4. The van der Waals surface area contributed by atoms with E-state index in [0.29, 0.717) is 32.2 Å². The van der Waals surface area contributed by atoms with Crippen LogP contribution in [0.1, 0.15) is 113 Å². The van der Waals surface area contributed by atoms with E-state index in [1.54, 1.807) is 13.8 Å². The second-order valence-electron chi connectivity index (χ2n) is 19.3. The SMILES string of the molecule is CC(C)C[C@H](NC(=O)[C@H](CCCN=C(N)N)NC(=O)[C@H](CCCCN)NC(=O)[C@@H]1CCCN1C(=O)[C@H](C)N)C(=O)N[C@H](C(=O)N[C@@H](C)C(=O)N[C@H](C(=O)N[C@H](C(=O)N[C@@H](CCC(=O)O)C(=O)O)[C@@H](C)O)[C@@H](C)O)[C@@H](C)O. The molecule has 30 heteroatoms. The molecule has 0 aromatic carbocycles. The first-order valence-electron chi connectivity index (χ1n) is 25.2. The van der Waals surface area contributed by atoms with Crippen molar-refractivity contribution in [3.05, 3.63) is 0 Å². The van der Waals surface area contributed by atoms with Crippen LogP contribution in [0.5, 0.6) is 0 Å². The van der Waals surface area contributed by atoms with E-state index in [9.17, 15) is 73.2 Å². The number of nitrogens with zero attached hydrogens (tertiary/aromatic N) is 2. The van der Waals surface area contributed by atoms with Gasteiger partial charge in [-0.25, -0.2) is 4.79 Å². The van der Waals surface area contributed by atoms with Gasteiger partial charge >= 0.3 is 11.9 Å². The number of carboxylic acid groups (broad SMARTS) is 2. The molecule has 30 nitrogen and oxygen atoms in total. The lowest BCUT2D eigenvalue weighted by Crippen LogP contribution is -2.63. The number of guanidine groups is 1. The van der Waals surface area contributed by atoms with Crippen molar-refractivity contribution in [3.63, 3.8) is 0 Å². The number of aliphatic hydroxyl groups is 3. The minimum atomic E-state index is -1.87. The summed E-state index contributed by atoms with van der Waals surface area (Å²) in [6.45, 7) is 9.98. The topological polar surface area (TPSA) is 505 Å². The molecular weight excluding hydrogens is 1000 g/mol. The first kappa shape index (κ1) is 67.3. The highest BCUT2D eigenvalue weighted by Gasteiger charge is 2.39. The highest BCUT2D eigenvalue weighted by atomic mass is 16.4. The molecule has 432 valence electrons. The van der Waals surface area contributed by atoms with Gasteiger partial charge in [0.1, 0.15) is 54.4 Å². The predicted molar refractivity (Wildman–Crippen MR) is 271 cm³/mol. The lowest BCUT2D eigenvalue weighted by molar-refractivity contribution is -0.144. The number of nitrogens with two attached hydrogens (primary N) is 4. The third-order valence-corrected chi connectivity index (χ3v) is 11.9. The predicted octanol–water partition coefficient (Wildman–Crippen LogP) is -6.46. The fraction of sp³-hybridized carbons (Fsp3) is 0.739. The number of nitrogens with one attached hydrogen (secondary N) is 8. The van der Waals surface area contributed by atoms with Gasteiger partial charge in [0.05, 0.1) is 24.4 Å². The Kier molecular flexibility index (Phi) is 29.5. The molecule has 0 saturated carbocycles. The van der Waals surface area contributed by atoms with E-state index in [1.165, 1.54) is 11.8 Å². The number of carbonyl (C=O) groups is 11. The molecule has 0 aliphatic carbocycles. The van der Waals surface area contributed by atoms with Crippen LogP contribution in [0.2, 0.25) is 0 Å². The third-order valence-electron chi connectivity index (χ3n) is 11.9. The molecule has 0 aromatic rings. The van der Waals surface area contributed by atoms with Crippen molar-refractivity contribution in [3.8, 4) is 0 Å². The summed E-state index contributed by atoms with van der Waals surface area (Å²) in [7, 11) is 0. The number of unbranched alkanes of at least 4 members (excludes halogenated alkanes) is 1. The number of aliphatic hydroxyl groups excluding tert-OH is 3. The van der Waals surface area contributed by atoms with Crippen LogP contribution in [-0.2, 0) is 52.7 Å². The highest BCUT2D eigenvalue weighted by Crippen LogP contribution is 2.19. The van der Waals surface area contributed by atoms with Crippen LogP contribution >= 0.6 is 0 Å². The van der Waals surface area contributed by atoms with Crippen LogP contribution in [0.4, 0.5) is 0 Å². The minimum absolute atomic E-state index is 0.0334. The highest BCUT2D eigenvalue weighted by molar-refractivity contribution is 5.99. The maximum absolute atomic E-state index is 14.2. The summed E-state index contributed by atoms with van der Waals surface area (Å²) in [5.74, 6) is -11.8. The van der Waals surface area contributed by atoms with Crippen molar-refractivity contribution in [2.45, 2.75) is 191 Å². The van der Waals surface area contributed by atoms with Crippen LogP contribution in [0.25, 0.3) is 0 Å². The summed E-state index contributed by atoms with van der Waals surface area (Å²) in [6, 6.07) is -14.5. The number of aliphatic imine (C=N–C) groups is 1. The number of carbonyl (C=O) groups excluding carboxylic acids is 9. The number of aliphatic carboxylic acids is 2. The molecule has 13 atom stereocenters. The smallest absolute Gasteiger partial charge is 0.326 e. The largest absolute Gasteiger partial charge is 0.481 e. The summed E-state index contributed by atoms with van der Waals surface area (Å²) in [4.78, 5) is 150. The number of amides is 9. The Bertz CT molecular complexity index is 2040. The summed E-state index contributed by atoms with van der Waals surface area (Å²) in [5.41, 5.74) is 22.5. The van der Waals surface area contributed by atoms with E-state index in [4.69, 9.17) is 28.0 Å². The van der Waals surface area contributed by atoms with Gasteiger partial charge in [0.25, 0.3) is 0 Å². The van der Waals surface area contributed by atoms with E-state index in [-0.39, 0.29) is 50.7 Å². The van der Waals surface area contributed by atoms with E-state index in [2.05, 4.69) is 42.2 Å². The molecule has 1 rings (SSSR count). The van der Waals surface area contributed by atoms with Crippen LogP contribution in [0.15, 0.2) is 4.99 Å². The van der Waals surface area contributed by atoms with Crippen LogP contribution in [0, 0.1) is 5.92 Å². The van der Waals surface area contributed by atoms with Crippen molar-refractivity contribution < 1.29 is 78.3 Å². The quantitative estimate of drug-likeness (QED) is 0.0162. The molecule has 76 heavy (non-hydrogen) atoms. The maximum atomic E-state index is 14.2. The summed E-state index contributed by atoms with van der Waals surface area (Å²) < 4.78 is 0. The minimum Gasteiger partial charge on any atom is -0.481 e. The monoisotopic (exact) mass is 1090 g/mol. The molecular formula is C46H82N14O16. The standard InChI is InChI=1S/C46H82N14O16/c1-21(2)20-30(56-38(68)28(13-10-18-51-46(49)50)53-37(67)27(12-8-9-17-47)54-40(70)31-14-11-19-60(31)44(74)22(3)48)39(69)58-33(24(5)61)41(71)52-23(4)36(66)57-35(26(7)63)43(73)59-34(25(6)62)42(72)55-29(45(75)76)15-16-32(64)65/h21-31,33-35,61-63H,8-20,47-48H2,1-7H3,(H,52,71)(H,53,67)(H,54,70)(H,55,72)(H,56,68)(H,57,66)(H,58,69)(H,59,73)(H,64,65)(H,75,76)(H4,49,50,51)/t22-,23-,24+,25+,26+,27-,28-,29-,30-,31-,33-,34-,35-/m0/s1.